The summed E-state index contributed by atoms with van der Waals surface area (Å²) in [5.74, 6) is 1.00. The van der Waals surface area contributed by atoms with E-state index in [1.165, 1.54) is 80.2 Å². The predicted molar refractivity (Wildman–Crippen MR) is 198 cm³/mol. The smallest absolute Gasteiger partial charge is 0.225 e. The largest absolute Gasteiger partial charge is 0.306 e. The minimum absolute atomic E-state index is 0.0487. The highest BCUT2D eigenvalue weighted by molar-refractivity contribution is 7.91. The third kappa shape index (κ3) is 7.42. The van der Waals surface area contributed by atoms with Crippen LogP contribution in [0.25, 0.3) is 21.8 Å². The van der Waals surface area contributed by atoms with E-state index in [2.05, 4.69) is 44.0 Å². The molecule has 0 bridgehead atoms. The zero-order valence-electron chi connectivity index (χ0n) is 28.6. The number of piperidine rings is 1. The van der Waals surface area contributed by atoms with Crippen molar-refractivity contribution in [1.29, 1.82) is 0 Å². The molecule has 0 N–H and O–H groups in total. The number of rotatable bonds is 6. The summed E-state index contributed by atoms with van der Waals surface area (Å²) in [5, 5.41) is 1.84. The molecule has 51 heavy (non-hydrogen) atoms. The lowest BCUT2D eigenvalue weighted by atomic mass is 9.83. The van der Waals surface area contributed by atoms with Gasteiger partial charge >= 0.3 is 0 Å². The van der Waals surface area contributed by atoms with Crippen LogP contribution >= 0.6 is 0 Å². The molecule has 1 aliphatic carbocycles. The van der Waals surface area contributed by atoms with Crippen LogP contribution in [-0.4, -0.2) is 61.8 Å². The summed E-state index contributed by atoms with van der Waals surface area (Å²) < 4.78 is 51.1. The Morgan fingerprint density at radius 1 is 0.549 bits per heavy atom. The Morgan fingerprint density at radius 3 is 1.47 bits per heavy atom. The summed E-state index contributed by atoms with van der Waals surface area (Å²) in [6.07, 6.45) is 14.3. The van der Waals surface area contributed by atoms with Gasteiger partial charge in [-0.25, -0.2) is 26.8 Å². The first kappa shape index (κ1) is 34.9. The van der Waals surface area contributed by atoms with E-state index in [0.717, 1.165) is 47.7 Å². The van der Waals surface area contributed by atoms with Crippen molar-refractivity contribution in [2.24, 2.45) is 0 Å². The van der Waals surface area contributed by atoms with Gasteiger partial charge in [-0.1, -0.05) is 67.8 Å². The highest BCUT2D eigenvalue weighted by Crippen LogP contribution is 2.37. The van der Waals surface area contributed by atoms with Crippen molar-refractivity contribution in [3.05, 3.63) is 121 Å². The molecule has 0 radical (unpaired) electrons. The molecule has 2 aliphatic rings. The van der Waals surface area contributed by atoms with E-state index in [4.69, 9.17) is 0 Å². The fraction of sp³-hybridized carbons (Fsp3) is 0.300. The Kier molecular flexibility index (Phi) is 10.2. The second kappa shape index (κ2) is 15.0. The molecule has 0 spiro atoms. The second-order valence-corrected chi connectivity index (χ2v) is 17.2. The lowest BCUT2D eigenvalue weighted by Gasteiger charge is -2.29. The summed E-state index contributed by atoms with van der Waals surface area (Å²) in [6.45, 7) is 2.15. The summed E-state index contributed by atoms with van der Waals surface area (Å²) in [7, 11) is -5.15. The molecular weight excluding hydrogens is 679 g/mol. The van der Waals surface area contributed by atoms with Gasteiger partial charge in [0.05, 0.1) is 20.8 Å². The molecule has 262 valence electrons. The van der Waals surface area contributed by atoms with Gasteiger partial charge < -0.3 is 4.90 Å². The van der Waals surface area contributed by atoms with Crippen molar-refractivity contribution >= 4 is 41.5 Å². The van der Waals surface area contributed by atoms with Crippen molar-refractivity contribution in [2.45, 2.75) is 76.6 Å². The van der Waals surface area contributed by atoms with Crippen LogP contribution in [0.5, 0.6) is 0 Å². The van der Waals surface area contributed by atoms with Gasteiger partial charge in [-0.05, 0) is 105 Å². The van der Waals surface area contributed by atoms with Crippen LogP contribution in [0, 0.1) is 0 Å². The first-order valence-corrected chi connectivity index (χ1v) is 20.5. The number of hydrogen-bond acceptors (Lipinski definition) is 9. The topological polar surface area (TPSA) is 123 Å². The highest BCUT2D eigenvalue weighted by Gasteiger charge is 2.24. The quantitative estimate of drug-likeness (QED) is 0.170. The van der Waals surface area contributed by atoms with Crippen LogP contribution < -0.4 is 0 Å². The van der Waals surface area contributed by atoms with Crippen molar-refractivity contribution in [2.75, 3.05) is 20.1 Å². The van der Waals surface area contributed by atoms with E-state index in [9.17, 15) is 16.8 Å². The Bertz CT molecular complexity index is 2360. The minimum Gasteiger partial charge on any atom is -0.306 e. The Hall–Kier alpha value is -4.58. The van der Waals surface area contributed by atoms with Crippen molar-refractivity contribution in [3.63, 3.8) is 0 Å². The molecule has 0 atom stereocenters. The fourth-order valence-corrected chi connectivity index (χ4v) is 9.61. The van der Waals surface area contributed by atoms with Gasteiger partial charge in [0.25, 0.3) is 0 Å². The van der Waals surface area contributed by atoms with Gasteiger partial charge in [-0.3, -0.25) is 9.97 Å². The number of fused-ring (bicyclic) bond motifs is 2. The molecule has 6 aromatic rings. The van der Waals surface area contributed by atoms with Gasteiger partial charge in [0.1, 0.15) is 0 Å². The number of sulfone groups is 2. The normalized spacial score (nSPS) is 16.5. The molecule has 0 amide bonds. The monoisotopic (exact) mass is 719 g/mol. The Labute approximate surface area is 299 Å². The van der Waals surface area contributed by atoms with Gasteiger partial charge in [0.15, 0.2) is 10.1 Å². The predicted octanol–water partition coefficient (Wildman–Crippen LogP) is 7.78. The van der Waals surface area contributed by atoms with E-state index < -0.39 is 19.7 Å². The standard InChI is InChI=1S/C20H21N3O2S.C20H20N2O2S/c1-23-11-8-15(9-12-23)18-6-4-5-16-13-17(14-22-20(16)18)26(24,25)19-7-2-3-10-21-19;23-25(24,19-11-4-5-12-21-19)17-13-16-9-6-10-18(20(16)22-14-17)15-7-2-1-3-8-15/h2-7,10,13-15H,8-9,11-12H2,1H3;4-6,9-15H,1-3,7-8H2. The number of nitrogens with zero attached hydrogens (tertiary/aromatic N) is 5. The maximum Gasteiger partial charge on any atom is 0.225 e. The van der Waals surface area contributed by atoms with Crippen molar-refractivity contribution in [3.8, 4) is 0 Å². The minimum atomic E-state index is -3.66. The molecule has 5 heterocycles. The first-order valence-electron chi connectivity index (χ1n) is 17.5. The Balaban J connectivity index is 0.000000159. The zero-order valence-corrected chi connectivity index (χ0v) is 30.2. The van der Waals surface area contributed by atoms with Gasteiger partial charge in [0, 0.05) is 35.6 Å². The lowest BCUT2D eigenvalue weighted by molar-refractivity contribution is 0.256. The van der Waals surface area contributed by atoms with Gasteiger partial charge in [-0.2, -0.15) is 0 Å². The number of pyridine rings is 4. The van der Waals surface area contributed by atoms with E-state index >= 15 is 0 Å². The second-order valence-electron chi connectivity index (χ2n) is 13.4. The zero-order chi connectivity index (χ0) is 35.4. The Morgan fingerprint density at radius 2 is 1.02 bits per heavy atom. The molecule has 11 heteroatoms. The molecule has 4 aromatic heterocycles. The van der Waals surface area contributed by atoms with E-state index in [1.807, 2.05) is 24.3 Å². The average Bonchev–Trinajstić information content (AvgIpc) is 3.18. The highest BCUT2D eigenvalue weighted by atomic mass is 32.2. The number of benzene rings is 2. The third-order valence-electron chi connectivity index (χ3n) is 10.1. The number of para-hydroxylation sites is 2. The molecule has 1 saturated carbocycles. The van der Waals surface area contributed by atoms with Crippen LogP contribution in [0.2, 0.25) is 0 Å². The molecule has 2 fully saturated rings. The van der Waals surface area contributed by atoms with Crippen molar-refractivity contribution < 1.29 is 16.8 Å². The maximum atomic E-state index is 12.8. The molecule has 1 saturated heterocycles. The van der Waals surface area contributed by atoms with Crippen LogP contribution in [0.15, 0.2) is 130 Å². The first-order chi connectivity index (χ1) is 24.7. The SMILES string of the molecule is CN1CCC(c2cccc3cc(S(=O)(=O)c4ccccn4)cnc23)CC1.O=S(=O)(c1cnc2c(C3CCCCC3)cccc2c1)c1ccccn1. The van der Waals surface area contributed by atoms with E-state index in [-0.39, 0.29) is 19.8 Å². The van der Waals surface area contributed by atoms with Crippen LogP contribution in [-0.2, 0) is 19.7 Å². The van der Waals surface area contributed by atoms with Gasteiger partial charge in [0.2, 0.25) is 19.7 Å². The van der Waals surface area contributed by atoms with E-state index in [1.54, 1.807) is 36.4 Å². The lowest BCUT2D eigenvalue weighted by Crippen LogP contribution is -2.29. The summed E-state index contributed by atoms with van der Waals surface area (Å²) >= 11 is 0. The third-order valence-corrected chi connectivity index (χ3v) is 13.4. The maximum absolute atomic E-state index is 12.8. The fourth-order valence-electron chi connectivity index (χ4n) is 7.27. The summed E-state index contributed by atoms with van der Waals surface area (Å²) in [5.41, 5.74) is 4.30. The van der Waals surface area contributed by atoms with Crippen molar-refractivity contribution in [1.82, 2.24) is 24.8 Å². The number of likely N-dealkylation sites (tertiary alicyclic amines) is 1. The molecule has 1 aliphatic heterocycles. The average molecular weight is 720 g/mol. The molecule has 8 rings (SSSR count). The molecule has 2 aromatic carbocycles. The molecule has 0 unspecified atom stereocenters. The number of hydrogen-bond donors (Lipinski definition) is 0. The van der Waals surface area contributed by atoms with Crippen LogP contribution in [0.1, 0.15) is 67.9 Å². The van der Waals surface area contributed by atoms with E-state index in [0.29, 0.717) is 11.8 Å². The molecule has 9 nitrogen and oxygen atoms in total. The van der Waals surface area contributed by atoms with Crippen LogP contribution in [0.4, 0.5) is 0 Å². The molecular formula is C40H41N5O4S2. The number of aromatic nitrogens is 4. The summed E-state index contributed by atoms with van der Waals surface area (Å²) in [4.78, 5) is 19.8. The van der Waals surface area contributed by atoms with Crippen LogP contribution in [0.3, 0.4) is 0 Å². The van der Waals surface area contributed by atoms with Gasteiger partial charge in [-0.15, -0.1) is 0 Å². The summed E-state index contributed by atoms with van der Waals surface area (Å²) in [6, 6.07) is 25.3.